The maximum atomic E-state index is 14.2. The molecule has 19 nitrogen and oxygen atoms in total. The average Bonchev–Trinajstić information content (AvgIpc) is 3.41. The lowest BCUT2D eigenvalue weighted by Crippen LogP contribution is -2.65. The highest BCUT2D eigenvalue weighted by Crippen LogP contribution is 2.39. The monoisotopic (exact) mass is 740 g/mol. The topological polar surface area (TPSA) is 297 Å². The van der Waals surface area contributed by atoms with Gasteiger partial charge in [0.05, 0.1) is 33.0 Å². The van der Waals surface area contributed by atoms with Crippen LogP contribution < -0.4 is 14.9 Å². The normalized spacial score (nSPS) is 36.6. The van der Waals surface area contributed by atoms with Gasteiger partial charge < -0.3 is 88.6 Å². The van der Waals surface area contributed by atoms with Crippen LogP contribution in [0.25, 0.3) is 22.3 Å². The highest BCUT2D eigenvalue weighted by atomic mass is 16.7. The molecule has 3 saturated heterocycles. The van der Waals surface area contributed by atoms with Crippen LogP contribution in [-0.4, -0.2) is 157 Å². The summed E-state index contributed by atoms with van der Waals surface area (Å²) < 4.78 is 45.6. The molecule has 6 rings (SSSR count). The molecule has 0 amide bonds. The number of phenolic OH excluding ortho intramolecular Hbond substituents is 2. The summed E-state index contributed by atoms with van der Waals surface area (Å²) in [5, 5.41) is 104. The third-order valence-electron chi connectivity index (χ3n) is 9.26. The van der Waals surface area contributed by atoms with E-state index in [0.717, 1.165) is 6.07 Å². The van der Waals surface area contributed by atoms with Crippen molar-refractivity contribution in [3.8, 4) is 34.3 Å². The number of aliphatic hydroxyl groups is 8. The van der Waals surface area contributed by atoms with Gasteiger partial charge in [0.1, 0.15) is 76.5 Å². The number of hydrogen-bond acceptors (Lipinski definition) is 19. The molecule has 4 heterocycles. The number of hydrogen-bond donors (Lipinski definition) is 10. The van der Waals surface area contributed by atoms with Gasteiger partial charge in [0.25, 0.3) is 0 Å². The minimum absolute atomic E-state index is 0.130. The Balaban J connectivity index is 1.45. The van der Waals surface area contributed by atoms with Crippen LogP contribution in [0.1, 0.15) is 6.92 Å². The summed E-state index contributed by atoms with van der Waals surface area (Å²) in [4.78, 5) is 14.2. The molecule has 0 spiro atoms. The molecule has 3 fully saturated rings. The second-order valence-corrected chi connectivity index (χ2v) is 12.8. The van der Waals surface area contributed by atoms with Crippen LogP contribution >= 0.6 is 0 Å². The summed E-state index contributed by atoms with van der Waals surface area (Å²) in [7, 11) is 1.33. The maximum absolute atomic E-state index is 14.2. The van der Waals surface area contributed by atoms with E-state index in [1.54, 1.807) is 0 Å². The maximum Gasteiger partial charge on any atom is 0.239 e. The van der Waals surface area contributed by atoms with Gasteiger partial charge in [0, 0.05) is 17.7 Å². The van der Waals surface area contributed by atoms with Crippen molar-refractivity contribution in [3.63, 3.8) is 0 Å². The molecule has 3 aliphatic heterocycles. The number of phenols is 2. The van der Waals surface area contributed by atoms with Crippen LogP contribution in [0.5, 0.6) is 23.0 Å². The summed E-state index contributed by atoms with van der Waals surface area (Å²) in [5.74, 6) is -1.41. The Labute approximate surface area is 293 Å². The van der Waals surface area contributed by atoms with Gasteiger partial charge in [0.2, 0.25) is 11.2 Å². The summed E-state index contributed by atoms with van der Waals surface area (Å²) in [5.41, 5.74) is -2.98. The lowest BCUT2D eigenvalue weighted by atomic mass is 9.96. The Bertz CT molecular complexity index is 1770. The molecular formula is C33H40O19. The second kappa shape index (κ2) is 15.0. The van der Waals surface area contributed by atoms with Crippen LogP contribution in [0, 0.1) is 0 Å². The first kappa shape index (κ1) is 38.1. The molecule has 13 atom stereocenters. The first-order valence-electron chi connectivity index (χ1n) is 16.1. The minimum atomic E-state index is -2.07. The average molecular weight is 741 g/mol. The molecule has 2 aromatic carbocycles. The van der Waals surface area contributed by atoms with Gasteiger partial charge in [-0.1, -0.05) is 0 Å². The van der Waals surface area contributed by atoms with Gasteiger partial charge in [0.15, 0.2) is 30.7 Å². The van der Waals surface area contributed by atoms with E-state index in [4.69, 9.17) is 37.6 Å². The molecule has 0 bridgehead atoms. The zero-order valence-electron chi connectivity index (χ0n) is 27.7. The molecule has 0 radical (unpaired) electrons. The Kier molecular flexibility index (Phi) is 11.0. The third kappa shape index (κ3) is 7.03. The van der Waals surface area contributed by atoms with Crippen molar-refractivity contribution in [3.05, 3.63) is 46.6 Å². The summed E-state index contributed by atoms with van der Waals surface area (Å²) in [6, 6.07) is 7.85. The van der Waals surface area contributed by atoms with Crippen LogP contribution in [0.2, 0.25) is 0 Å². The van der Waals surface area contributed by atoms with E-state index in [1.807, 2.05) is 0 Å². The Hall–Kier alpha value is -3.67. The number of fused-ring (bicyclic) bond motifs is 1. The fourth-order valence-corrected chi connectivity index (χ4v) is 6.17. The van der Waals surface area contributed by atoms with Crippen molar-refractivity contribution >= 4 is 11.0 Å². The van der Waals surface area contributed by atoms with Crippen LogP contribution in [-0.2, 0) is 23.7 Å². The molecule has 0 unspecified atom stereocenters. The summed E-state index contributed by atoms with van der Waals surface area (Å²) in [6.45, 7) is -0.680. The molecule has 1 aromatic heterocycles. The van der Waals surface area contributed by atoms with Gasteiger partial charge in [-0.2, -0.15) is 0 Å². The van der Waals surface area contributed by atoms with Crippen molar-refractivity contribution in [2.75, 3.05) is 26.9 Å². The first-order valence-corrected chi connectivity index (χ1v) is 16.1. The second-order valence-electron chi connectivity index (χ2n) is 12.8. The van der Waals surface area contributed by atoms with E-state index in [2.05, 4.69) is 0 Å². The predicted octanol–water partition coefficient (Wildman–Crippen LogP) is -2.62. The molecule has 3 aromatic rings. The zero-order valence-corrected chi connectivity index (χ0v) is 27.7. The van der Waals surface area contributed by atoms with Crippen molar-refractivity contribution < 1.29 is 88.6 Å². The molecule has 19 heteroatoms. The van der Waals surface area contributed by atoms with Crippen molar-refractivity contribution in [1.82, 2.24) is 0 Å². The molecule has 10 N–H and O–H groups in total. The van der Waals surface area contributed by atoms with E-state index in [1.165, 1.54) is 44.4 Å². The van der Waals surface area contributed by atoms with Crippen LogP contribution in [0.15, 0.2) is 45.6 Å². The molecule has 0 aliphatic carbocycles. The Morgan fingerprint density at radius 3 is 2.27 bits per heavy atom. The Morgan fingerprint density at radius 1 is 0.904 bits per heavy atom. The number of aliphatic hydroxyl groups excluding tert-OH is 7. The summed E-state index contributed by atoms with van der Waals surface area (Å²) >= 11 is 0. The predicted molar refractivity (Wildman–Crippen MR) is 170 cm³/mol. The first-order chi connectivity index (χ1) is 24.7. The molecule has 3 aliphatic rings. The minimum Gasteiger partial charge on any atom is -0.508 e. The summed E-state index contributed by atoms with van der Waals surface area (Å²) in [6.07, 6.45) is -20.5. The molecule has 52 heavy (non-hydrogen) atoms. The molecule has 286 valence electrons. The van der Waals surface area contributed by atoms with E-state index < -0.39 is 116 Å². The molecular weight excluding hydrogens is 700 g/mol. The number of benzene rings is 2. The smallest absolute Gasteiger partial charge is 0.239 e. The van der Waals surface area contributed by atoms with Gasteiger partial charge in [-0.05, 0) is 31.2 Å². The van der Waals surface area contributed by atoms with Crippen LogP contribution in [0.3, 0.4) is 0 Å². The van der Waals surface area contributed by atoms with E-state index in [9.17, 15) is 55.9 Å². The van der Waals surface area contributed by atoms with Crippen molar-refractivity contribution in [1.29, 1.82) is 0 Å². The third-order valence-corrected chi connectivity index (χ3v) is 9.26. The van der Waals surface area contributed by atoms with Gasteiger partial charge in [-0.3, -0.25) is 4.79 Å². The lowest BCUT2D eigenvalue weighted by molar-refractivity contribution is -0.352. The highest BCUT2D eigenvalue weighted by Gasteiger charge is 2.53. The number of aromatic hydroxyl groups is 2. The van der Waals surface area contributed by atoms with E-state index in [-0.39, 0.29) is 33.8 Å². The Morgan fingerprint density at radius 2 is 1.62 bits per heavy atom. The quantitative estimate of drug-likeness (QED) is 0.102. The van der Waals surface area contributed by atoms with Gasteiger partial charge in [-0.25, -0.2) is 0 Å². The lowest BCUT2D eigenvalue weighted by Gasteiger charge is -2.46. The van der Waals surface area contributed by atoms with Crippen molar-refractivity contribution in [2.45, 2.75) is 86.3 Å². The fraction of sp³-hybridized carbons (Fsp3) is 0.545. The van der Waals surface area contributed by atoms with Gasteiger partial charge in [-0.15, -0.1) is 0 Å². The number of rotatable bonds is 10. The van der Waals surface area contributed by atoms with Crippen LogP contribution in [0.4, 0.5) is 0 Å². The van der Waals surface area contributed by atoms with E-state index >= 15 is 0 Å². The fourth-order valence-electron chi connectivity index (χ4n) is 6.17. The number of methoxy groups -OCH3 is 1. The van der Waals surface area contributed by atoms with E-state index in [0.29, 0.717) is 0 Å². The highest BCUT2D eigenvalue weighted by molar-refractivity contribution is 5.88. The van der Waals surface area contributed by atoms with Crippen molar-refractivity contribution in [2.24, 2.45) is 0 Å². The SMILES string of the molecule is COc1cc(O)c2c(=O)c(O[C@H]3[C@H](O[C@@H]4O[C@@H](C)[C@H](O)[C@@H](O)[C@H]4O)[C@@H](O)[C@H](O)O[C@@H]3CO[C@@H]3OC[C@](O)(CO)[C@H]3O)c(-c3ccc(O)cc3)oc2c1. The standard InChI is InChI=1S/C33H40O19/c1-12-20(37)22(39)23(40)31(48-12)52-28-24(41)30(43)50-18(9-46-32-29(42)33(44,10-34)11-47-32)26(28)51-27-21(38)19-16(36)7-15(45-2)8-17(19)49-25(27)13-3-5-14(35)6-4-13/h3-8,12,18,20,22-24,26,28-32,34-37,39-44H,9-11H2,1-2H3/t12-,18+,20-,22+,23+,24+,26+,28+,29-,30+,31-,32+,33+/m0/s1. The zero-order chi connectivity index (χ0) is 37.6. The van der Waals surface area contributed by atoms with Gasteiger partial charge >= 0.3 is 0 Å². The number of ether oxygens (including phenoxy) is 7. The largest absolute Gasteiger partial charge is 0.508 e. The molecule has 0 saturated carbocycles.